The molecule has 3 saturated heterocycles. The van der Waals surface area contributed by atoms with Crippen molar-refractivity contribution in [3.63, 3.8) is 0 Å². The van der Waals surface area contributed by atoms with E-state index in [4.69, 9.17) is 18.9 Å². The summed E-state index contributed by atoms with van der Waals surface area (Å²) in [6, 6.07) is 0. The van der Waals surface area contributed by atoms with Gasteiger partial charge in [0.1, 0.15) is 30.2 Å². The quantitative estimate of drug-likeness (QED) is 0.280. The van der Waals surface area contributed by atoms with Crippen molar-refractivity contribution >= 4 is 29.2 Å². The lowest BCUT2D eigenvalue weighted by atomic mass is 9.72. The van der Waals surface area contributed by atoms with E-state index < -0.39 is 66.8 Å². The van der Waals surface area contributed by atoms with Gasteiger partial charge in [0.25, 0.3) is 0 Å². The molecule has 0 radical (unpaired) electrons. The number of Topliss-reactive ketones (excluding diaryl/α,β-unsaturated/α-hetero) is 1. The Morgan fingerprint density at radius 2 is 1.84 bits per heavy atom. The lowest BCUT2D eigenvalue weighted by molar-refractivity contribution is -0.218. The number of nitrogens with zero attached hydrogens (tertiary/aromatic N) is 1. The van der Waals surface area contributed by atoms with E-state index in [9.17, 15) is 30.0 Å². The Labute approximate surface area is 257 Å². The van der Waals surface area contributed by atoms with E-state index in [0.717, 1.165) is 35.5 Å². The first kappa shape index (κ1) is 34.1. The fraction of sp³-hybridized carbons (Fsp3) is 0.774. The average Bonchev–Trinajstić information content (AvgIpc) is 3.47. The number of ether oxygens (including phenoxy) is 4. The summed E-state index contributed by atoms with van der Waals surface area (Å²) in [6.07, 6.45) is -3.78. The van der Waals surface area contributed by atoms with Gasteiger partial charge < -0.3 is 39.4 Å². The van der Waals surface area contributed by atoms with Crippen molar-refractivity contribution in [2.75, 3.05) is 6.61 Å². The van der Waals surface area contributed by atoms with Crippen LogP contribution in [0.2, 0.25) is 0 Å². The highest BCUT2D eigenvalue weighted by Crippen LogP contribution is 2.38. The molecule has 0 bridgehead atoms. The van der Waals surface area contributed by atoms with Gasteiger partial charge in [-0.2, -0.15) is 0 Å². The Bertz CT molecular complexity index is 1150. The summed E-state index contributed by atoms with van der Waals surface area (Å²) in [5.74, 6) is -1.87. The summed E-state index contributed by atoms with van der Waals surface area (Å²) in [7, 11) is 0. The van der Waals surface area contributed by atoms with Gasteiger partial charge in [0.2, 0.25) is 0 Å². The number of esters is 1. The molecule has 11 atom stereocenters. The minimum absolute atomic E-state index is 0.0359. The molecule has 11 nitrogen and oxygen atoms in total. The molecule has 3 aliphatic rings. The van der Waals surface area contributed by atoms with E-state index in [-0.39, 0.29) is 30.3 Å². The van der Waals surface area contributed by atoms with Crippen molar-refractivity contribution in [1.82, 2.24) is 4.98 Å². The van der Waals surface area contributed by atoms with Crippen LogP contribution in [0, 0.1) is 24.2 Å². The Hall–Kier alpha value is -1.77. The molecule has 4 N–H and O–H groups in total. The van der Waals surface area contributed by atoms with Crippen LogP contribution in [0.25, 0.3) is 6.08 Å². The Morgan fingerprint density at radius 1 is 1.12 bits per heavy atom. The van der Waals surface area contributed by atoms with Gasteiger partial charge in [-0.3, -0.25) is 9.59 Å². The summed E-state index contributed by atoms with van der Waals surface area (Å²) in [5, 5.41) is 44.3. The average molecular weight is 626 g/mol. The van der Waals surface area contributed by atoms with E-state index >= 15 is 0 Å². The maximum atomic E-state index is 13.9. The zero-order valence-corrected chi connectivity index (χ0v) is 26.7. The number of hydrogen-bond acceptors (Lipinski definition) is 12. The molecule has 3 fully saturated rings. The van der Waals surface area contributed by atoms with Crippen LogP contribution in [0.4, 0.5) is 0 Å². The Kier molecular flexibility index (Phi) is 11.2. The first-order valence-electron chi connectivity index (χ1n) is 15.2. The van der Waals surface area contributed by atoms with Gasteiger partial charge >= 0.3 is 5.97 Å². The van der Waals surface area contributed by atoms with Crippen LogP contribution in [0.3, 0.4) is 0 Å². The zero-order chi connectivity index (χ0) is 31.6. The van der Waals surface area contributed by atoms with E-state index in [2.05, 4.69) is 4.98 Å². The normalized spacial score (nSPS) is 39.8. The number of ketones is 1. The van der Waals surface area contributed by atoms with Crippen LogP contribution < -0.4 is 0 Å². The molecule has 4 heterocycles. The molecule has 12 heteroatoms. The summed E-state index contributed by atoms with van der Waals surface area (Å²) in [6.45, 7) is 10.1. The molecule has 0 amide bonds. The molecule has 242 valence electrons. The smallest absolute Gasteiger partial charge is 0.309 e. The number of carbonyl (C=O) groups excluding carboxylic acids is 2. The third-order valence-corrected chi connectivity index (χ3v) is 9.97. The largest absolute Gasteiger partial charge is 0.458 e. The van der Waals surface area contributed by atoms with Gasteiger partial charge in [-0.25, -0.2) is 4.98 Å². The monoisotopic (exact) mass is 625 g/mol. The second-order valence-corrected chi connectivity index (χ2v) is 14.0. The molecular formula is C31H47NO10S. The number of aromatic nitrogens is 1. The number of hydrogen-bond donors (Lipinski definition) is 4. The minimum Gasteiger partial charge on any atom is -0.458 e. The summed E-state index contributed by atoms with van der Waals surface area (Å²) < 4.78 is 23.6. The summed E-state index contributed by atoms with van der Waals surface area (Å²) in [4.78, 5) is 32.0. The predicted molar refractivity (Wildman–Crippen MR) is 158 cm³/mol. The lowest BCUT2D eigenvalue weighted by Gasteiger charge is -2.38. The molecule has 0 aliphatic carbocycles. The number of thiazole rings is 1. The maximum Gasteiger partial charge on any atom is 0.309 e. The number of epoxide rings is 1. The second-order valence-electron chi connectivity index (χ2n) is 12.9. The fourth-order valence-electron chi connectivity index (χ4n) is 6.13. The number of aliphatic hydroxyl groups excluding tert-OH is 4. The molecule has 3 aliphatic heterocycles. The van der Waals surface area contributed by atoms with Gasteiger partial charge in [-0.05, 0) is 44.3 Å². The van der Waals surface area contributed by atoms with E-state index in [1.165, 1.54) is 11.3 Å². The van der Waals surface area contributed by atoms with Crippen molar-refractivity contribution in [2.24, 2.45) is 17.3 Å². The topological polar surface area (TPSA) is 168 Å². The molecule has 0 saturated carbocycles. The highest BCUT2D eigenvalue weighted by molar-refractivity contribution is 7.09. The molecule has 1 aromatic heterocycles. The van der Waals surface area contributed by atoms with Crippen molar-refractivity contribution < 1.29 is 49.0 Å². The third kappa shape index (κ3) is 8.09. The van der Waals surface area contributed by atoms with Crippen LogP contribution >= 0.6 is 11.3 Å². The SMILES string of the molecule is CC(=Cc1csc(C)n1)C1CC2OC2CCCC(C)C(O)C(C)C(=O)C(C)(C)C(OC2OC(CO)C(O)C2O)CC(=O)O1. The van der Waals surface area contributed by atoms with Gasteiger partial charge in [0, 0.05) is 17.7 Å². The predicted octanol–water partition coefficient (Wildman–Crippen LogP) is 2.55. The molecule has 11 unspecified atom stereocenters. The first-order chi connectivity index (χ1) is 20.2. The minimum atomic E-state index is -1.51. The highest BCUT2D eigenvalue weighted by Gasteiger charge is 2.50. The van der Waals surface area contributed by atoms with E-state index in [0.29, 0.717) is 6.42 Å². The molecule has 43 heavy (non-hydrogen) atoms. The van der Waals surface area contributed by atoms with Gasteiger partial charge in [-0.1, -0.05) is 34.1 Å². The van der Waals surface area contributed by atoms with E-state index in [1.54, 1.807) is 20.8 Å². The Balaban J connectivity index is 1.63. The summed E-state index contributed by atoms with van der Waals surface area (Å²) in [5.41, 5.74) is 0.246. The van der Waals surface area contributed by atoms with Crippen LogP contribution in [0.15, 0.2) is 11.0 Å². The van der Waals surface area contributed by atoms with Gasteiger partial charge in [-0.15, -0.1) is 11.3 Å². The van der Waals surface area contributed by atoms with Crippen LogP contribution in [0.5, 0.6) is 0 Å². The third-order valence-electron chi connectivity index (χ3n) is 9.17. The van der Waals surface area contributed by atoms with Crippen LogP contribution in [0.1, 0.15) is 77.4 Å². The fourth-order valence-corrected chi connectivity index (χ4v) is 6.70. The second kappa shape index (κ2) is 14.1. The number of fused-ring (bicyclic) bond motifs is 1. The Morgan fingerprint density at radius 3 is 2.47 bits per heavy atom. The van der Waals surface area contributed by atoms with Crippen LogP contribution in [-0.4, -0.2) is 98.9 Å². The summed E-state index contributed by atoms with van der Waals surface area (Å²) >= 11 is 1.53. The van der Waals surface area contributed by atoms with Crippen molar-refractivity contribution in [3.05, 3.63) is 21.7 Å². The lowest BCUT2D eigenvalue weighted by Crippen LogP contribution is -2.49. The standard InChI is InChI=1S/C31H47NO10S/c1-15-8-7-9-20-22(39-20)11-21(16(2)10-19-14-43-18(4)32-19)40-25(34)12-24(31(5,6)29(38)17(3)26(15)35)42-30-28(37)27(36)23(13-33)41-30/h10,14-15,17,20-24,26-28,30,33,35-37H,7-9,11-13H2,1-6H3. The molecule has 0 aromatic carbocycles. The number of aryl methyl sites for hydroxylation is 1. The number of aliphatic hydroxyl groups is 4. The number of cyclic esters (lactones) is 1. The molecule has 4 rings (SSSR count). The van der Waals surface area contributed by atoms with Crippen molar-refractivity contribution in [1.29, 1.82) is 0 Å². The maximum absolute atomic E-state index is 13.9. The number of rotatable bonds is 5. The van der Waals surface area contributed by atoms with Crippen molar-refractivity contribution in [3.8, 4) is 0 Å². The van der Waals surface area contributed by atoms with Gasteiger partial charge in [0.15, 0.2) is 6.29 Å². The molecule has 0 spiro atoms. The highest BCUT2D eigenvalue weighted by atomic mass is 32.1. The zero-order valence-electron chi connectivity index (χ0n) is 25.8. The molecule has 1 aromatic rings. The van der Waals surface area contributed by atoms with Crippen LogP contribution in [-0.2, 0) is 28.5 Å². The first-order valence-corrected chi connectivity index (χ1v) is 16.1. The van der Waals surface area contributed by atoms with Gasteiger partial charge in [0.05, 0.1) is 53.6 Å². The van der Waals surface area contributed by atoms with Crippen molar-refractivity contribution in [2.45, 2.75) is 129 Å². The van der Waals surface area contributed by atoms with E-state index in [1.807, 2.05) is 32.2 Å². The molecular weight excluding hydrogens is 578 g/mol. The number of carbonyl (C=O) groups is 2.